The zero-order valence-corrected chi connectivity index (χ0v) is 16.8. The standard InChI is InChI=1S/C17H16BrN7O3/c1-9-6-13(25(24-9)17-20-15(26)10(2)21-23-17)16(27)22-19-8-11-7-12(18)4-5-14(11)28-3/h4-8H,1-3H3,(H,22,27)(H,20,23,26)/b19-8-. The lowest BCUT2D eigenvalue weighted by atomic mass is 10.2. The summed E-state index contributed by atoms with van der Waals surface area (Å²) >= 11 is 3.37. The Bertz CT molecular complexity index is 1120. The number of carbonyl (C=O) groups is 1. The molecule has 1 aromatic carbocycles. The second-order valence-electron chi connectivity index (χ2n) is 5.73. The van der Waals surface area contributed by atoms with Crippen LogP contribution in [0.25, 0.3) is 5.95 Å². The molecule has 0 radical (unpaired) electrons. The highest BCUT2D eigenvalue weighted by Gasteiger charge is 2.17. The van der Waals surface area contributed by atoms with Gasteiger partial charge in [-0.1, -0.05) is 15.9 Å². The number of hydrogen-bond donors (Lipinski definition) is 2. The predicted molar refractivity (Wildman–Crippen MR) is 105 cm³/mol. The summed E-state index contributed by atoms with van der Waals surface area (Å²) in [6.07, 6.45) is 1.46. The molecule has 3 rings (SSSR count). The molecule has 10 nitrogen and oxygen atoms in total. The minimum absolute atomic E-state index is 0.0338. The molecule has 1 amide bonds. The average molecular weight is 446 g/mol. The Morgan fingerprint density at radius 3 is 2.82 bits per heavy atom. The number of rotatable bonds is 5. The molecule has 2 N–H and O–H groups in total. The molecule has 2 heterocycles. The van der Waals surface area contributed by atoms with Crippen molar-refractivity contribution in [1.29, 1.82) is 0 Å². The zero-order valence-electron chi connectivity index (χ0n) is 15.2. The number of aromatic nitrogens is 5. The van der Waals surface area contributed by atoms with Gasteiger partial charge in [0.15, 0.2) is 0 Å². The molecule has 0 saturated carbocycles. The van der Waals surface area contributed by atoms with E-state index in [1.807, 2.05) is 6.07 Å². The molecule has 0 bridgehead atoms. The van der Waals surface area contributed by atoms with Gasteiger partial charge >= 0.3 is 0 Å². The first kappa shape index (κ1) is 19.4. The van der Waals surface area contributed by atoms with Crippen molar-refractivity contribution >= 4 is 28.1 Å². The lowest BCUT2D eigenvalue weighted by molar-refractivity contribution is 0.0947. The Balaban J connectivity index is 1.85. The molecule has 0 spiro atoms. The SMILES string of the molecule is COc1ccc(Br)cc1/C=N\NC(=O)c1cc(C)nn1-c1nnc(C)c(=O)[nH]1. The number of methoxy groups -OCH3 is 1. The first-order valence-electron chi connectivity index (χ1n) is 8.06. The third-order valence-electron chi connectivity index (χ3n) is 3.67. The van der Waals surface area contributed by atoms with Crippen molar-refractivity contribution in [3.05, 3.63) is 61.7 Å². The normalized spacial score (nSPS) is 11.0. The number of H-pyrrole nitrogens is 1. The van der Waals surface area contributed by atoms with Gasteiger partial charge in [-0.15, -0.1) is 10.2 Å². The van der Waals surface area contributed by atoms with E-state index in [9.17, 15) is 9.59 Å². The number of halogens is 1. The third kappa shape index (κ3) is 4.14. The summed E-state index contributed by atoms with van der Waals surface area (Å²) < 4.78 is 7.30. The highest BCUT2D eigenvalue weighted by atomic mass is 79.9. The van der Waals surface area contributed by atoms with Crippen LogP contribution in [-0.2, 0) is 0 Å². The molecule has 3 aromatic rings. The van der Waals surface area contributed by atoms with Gasteiger partial charge in [-0.25, -0.2) is 5.43 Å². The van der Waals surface area contributed by atoms with Gasteiger partial charge in [-0.05, 0) is 38.1 Å². The zero-order chi connectivity index (χ0) is 20.3. The maximum absolute atomic E-state index is 12.5. The summed E-state index contributed by atoms with van der Waals surface area (Å²) in [4.78, 5) is 26.9. The number of nitrogens with zero attached hydrogens (tertiary/aromatic N) is 5. The average Bonchev–Trinajstić information content (AvgIpc) is 3.06. The minimum atomic E-state index is -0.533. The minimum Gasteiger partial charge on any atom is -0.496 e. The number of hydrogen-bond acceptors (Lipinski definition) is 7. The number of benzene rings is 1. The summed E-state index contributed by atoms with van der Waals surface area (Å²) in [5.41, 5.74) is 3.61. The second-order valence-corrected chi connectivity index (χ2v) is 6.65. The molecule has 0 unspecified atom stereocenters. The molecule has 0 aliphatic rings. The highest BCUT2D eigenvalue weighted by Crippen LogP contribution is 2.21. The molecule has 2 aromatic heterocycles. The fourth-order valence-corrected chi connectivity index (χ4v) is 2.71. The van der Waals surface area contributed by atoms with Crippen molar-refractivity contribution in [2.45, 2.75) is 13.8 Å². The summed E-state index contributed by atoms with van der Waals surface area (Å²) in [6, 6.07) is 6.96. The van der Waals surface area contributed by atoms with Gasteiger partial charge in [0, 0.05) is 10.0 Å². The smallest absolute Gasteiger partial charge is 0.290 e. The first-order chi connectivity index (χ1) is 13.4. The lowest BCUT2D eigenvalue weighted by Gasteiger charge is -2.06. The maximum Gasteiger partial charge on any atom is 0.290 e. The van der Waals surface area contributed by atoms with Crippen molar-refractivity contribution in [3.63, 3.8) is 0 Å². The molecular weight excluding hydrogens is 430 g/mol. The number of aromatic amines is 1. The van der Waals surface area contributed by atoms with Crippen LogP contribution in [0.2, 0.25) is 0 Å². The first-order valence-corrected chi connectivity index (χ1v) is 8.86. The molecule has 0 aliphatic heterocycles. The summed E-state index contributed by atoms with van der Waals surface area (Å²) in [7, 11) is 1.55. The van der Waals surface area contributed by atoms with Gasteiger partial charge in [0.1, 0.15) is 17.1 Å². The topological polar surface area (TPSA) is 127 Å². The van der Waals surface area contributed by atoms with Gasteiger partial charge in [-0.2, -0.15) is 14.9 Å². The number of nitrogens with one attached hydrogen (secondary N) is 2. The van der Waals surface area contributed by atoms with Crippen LogP contribution in [0.15, 0.2) is 38.6 Å². The largest absolute Gasteiger partial charge is 0.496 e. The van der Waals surface area contributed by atoms with Crippen molar-refractivity contribution in [2.75, 3.05) is 7.11 Å². The maximum atomic E-state index is 12.5. The molecule has 0 aliphatic carbocycles. The predicted octanol–water partition coefficient (Wildman–Crippen LogP) is 1.50. The number of carbonyl (C=O) groups excluding carboxylic acids is 1. The molecule has 0 saturated heterocycles. The Morgan fingerprint density at radius 1 is 1.32 bits per heavy atom. The van der Waals surface area contributed by atoms with E-state index in [1.165, 1.54) is 17.8 Å². The van der Waals surface area contributed by atoms with E-state index < -0.39 is 11.5 Å². The highest BCUT2D eigenvalue weighted by molar-refractivity contribution is 9.10. The third-order valence-corrected chi connectivity index (χ3v) is 4.17. The molecule has 0 fully saturated rings. The summed E-state index contributed by atoms with van der Waals surface area (Å²) in [5.74, 6) is 0.107. The van der Waals surface area contributed by atoms with Crippen molar-refractivity contribution in [2.24, 2.45) is 5.10 Å². The van der Waals surface area contributed by atoms with Crippen LogP contribution in [0, 0.1) is 13.8 Å². The second kappa shape index (κ2) is 8.13. The van der Waals surface area contributed by atoms with Crippen LogP contribution >= 0.6 is 15.9 Å². The van der Waals surface area contributed by atoms with Crippen LogP contribution in [0.3, 0.4) is 0 Å². The van der Waals surface area contributed by atoms with E-state index >= 15 is 0 Å². The number of aryl methyl sites for hydroxylation is 2. The van der Waals surface area contributed by atoms with Crippen molar-refractivity contribution in [1.82, 2.24) is 30.4 Å². The van der Waals surface area contributed by atoms with Crippen LogP contribution < -0.4 is 15.7 Å². The van der Waals surface area contributed by atoms with Gasteiger partial charge in [0.2, 0.25) is 0 Å². The van der Waals surface area contributed by atoms with Gasteiger partial charge in [0.25, 0.3) is 17.4 Å². The van der Waals surface area contributed by atoms with E-state index in [2.05, 4.69) is 46.7 Å². The Labute approximate surface area is 167 Å². The fraction of sp³-hybridized carbons (Fsp3) is 0.176. The molecular formula is C17H16BrN7O3. The van der Waals surface area contributed by atoms with E-state index in [0.29, 0.717) is 17.0 Å². The summed E-state index contributed by atoms with van der Waals surface area (Å²) in [6.45, 7) is 3.24. The van der Waals surface area contributed by atoms with Gasteiger partial charge in [0.05, 0.1) is 19.0 Å². The van der Waals surface area contributed by atoms with Crippen LogP contribution in [0.1, 0.15) is 27.4 Å². The van der Waals surface area contributed by atoms with E-state index in [4.69, 9.17) is 4.74 Å². The van der Waals surface area contributed by atoms with E-state index in [1.54, 1.807) is 32.2 Å². The molecule has 144 valence electrons. The van der Waals surface area contributed by atoms with Crippen molar-refractivity contribution < 1.29 is 9.53 Å². The number of ether oxygens (including phenoxy) is 1. The quantitative estimate of drug-likeness (QED) is 0.452. The Morgan fingerprint density at radius 2 is 2.11 bits per heavy atom. The molecule has 0 atom stereocenters. The lowest BCUT2D eigenvalue weighted by Crippen LogP contribution is -2.24. The van der Waals surface area contributed by atoms with E-state index in [-0.39, 0.29) is 17.3 Å². The number of hydrazone groups is 1. The molecule has 11 heteroatoms. The van der Waals surface area contributed by atoms with Crippen molar-refractivity contribution in [3.8, 4) is 11.7 Å². The molecule has 28 heavy (non-hydrogen) atoms. The Hall–Kier alpha value is -3.34. The van der Waals surface area contributed by atoms with Gasteiger partial charge < -0.3 is 4.74 Å². The van der Waals surface area contributed by atoms with Crippen LogP contribution in [0.5, 0.6) is 5.75 Å². The number of amides is 1. The monoisotopic (exact) mass is 445 g/mol. The Kier molecular flexibility index (Phi) is 5.64. The summed E-state index contributed by atoms with van der Waals surface area (Å²) in [5, 5.41) is 15.8. The van der Waals surface area contributed by atoms with Gasteiger partial charge in [-0.3, -0.25) is 14.6 Å². The fourth-order valence-electron chi connectivity index (χ4n) is 2.33. The van der Waals surface area contributed by atoms with E-state index in [0.717, 1.165) is 4.47 Å². The van der Waals surface area contributed by atoms with Crippen LogP contribution in [-0.4, -0.2) is 44.2 Å². The van der Waals surface area contributed by atoms with Crippen LogP contribution in [0.4, 0.5) is 0 Å².